The molecule has 0 fully saturated rings. The minimum Gasteiger partial charge on any atom is -0.251 e. The van der Waals surface area contributed by atoms with E-state index in [0.29, 0.717) is 0 Å². The van der Waals surface area contributed by atoms with Crippen molar-refractivity contribution in [3.05, 3.63) is 211 Å². The zero-order chi connectivity index (χ0) is 31.7. The van der Waals surface area contributed by atoms with Crippen LogP contribution in [0.3, 0.4) is 0 Å². The van der Waals surface area contributed by atoms with Crippen molar-refractivity contribution in [3.8, 4) is 0 Å². The molecule has 7 rings (SSSR count). The highest BCUT2D eigenvalue weighted by atomic mass is 31.1. The maximum absolute atomic E-state index is 5.48. The summed E-state index contributed by atoms with van der Waals surface area (Å²) in [4.78, 5) is 10.8. The van der Waals surface area contributed by atoms with Crippen molar-refractivity contribution in [2.24, 2.45) is 4.99 Å². The molecule has 6 aromatic carbocycles. The van der Waals surface area contributed by atoms with E-state index in [9.17, 15) is 0 Å². The molecule has 47 heavy (non-hydrogen) atoms. The SMILES string of the molecule is c1ccc(C(=Nc2ccccc2P(c2ccccc2)c2ccccc2)c2cccc(CP(c3ccccc3)c3ccccc3)n2)cc1. The summed E-state index contributed by atoms with van der Waals surface area (Å²) in [6.45, 7) is 0. The number of aromatic nitrogens is 1. The number of hydrogen-bond donors (Lipinski definition) is 0. The molecule has 1 aromatic heterocycles. The Morgan fingerprint density at radius 2 is 0.915 bits per heavy atom. The van der Waals surface area contributed by atoms with E-state index in [-0.39, 0.29) is 0 Å². The van der Waals surface area contributed by atoms with Crippen LogP contribution in [0.25, 0.3) is 0 Å². The number of nitrogens with zero attached hydrogens (tertiary/aromatic N) is 2. The second kappa shape index (κ2) is 15.1. The Labute approximate surface area is 280 Å². The summed E-state index contributed by atoms with van der Waals surface area (Å²) >= 11 is 0. The smallest absolute Gasteiger partial charge is 0.0966 e. The predicted octanol–water partition coefficient (Wildman–Crippen LogP) is 8.64. The summed E-state index contributed by atoms with van der Waals surface area (Å²) in [5.74, 6) is 0. The molecule has 0 atom stereocenters. The first kappa shape index (κ1) is 30.6. The highest BCUT2D eigenvalue weighted by molar-refractivity contribution is 7.80. The first-order chi connectivity index (χ1) is 23.3. The molecule has 226 valence electrons. The van der Waals surface area contributed by atoms with Crippen LogP contribution in [0.5, 0.6) is 0 Å². The van der Waals surface area contributed by atoms with E-state index in [1.54, 1.807) is 0 Å². The predicted molar refractivity (Wildman–Crippen MR) is 204 cm³/mol. The Kier molecular flexibility index (Phi) is 9.82. The second-order valence-electron chi connectivity index (χ2n) is 11.1. The van der Waals surface area contributed by atoms with Gasteiger partial charge in [-0.2, -0.15) is 0 Å². The zero-order valence-corrected chi connectivity index (χ0v) is 27.8. The standard InChI is InChI=1S/C43H34N2P2/c1-6-19-34(20-7-1)43(41-31-18-21-35(44-41)33-46(36-22-8-2-9-23-36)37-24-10-3-11-25-37)45-40-30-16-17-32-42(40)47(38-26-12-4-13-27-38)39-28-14-5-15-29-39/h1-32H,33H2. The number of para-hydroxylation sites is 1. The van der Waals surface area contributed by atoms with Gasteiger partial charge in [0.15, 0.2) is 0 Å². The maximum atomic E-state index is 5.48. The van der Waals surface area contributed by atoms with Gasteiger partial charge in [-0.1, -0.05) is 176 Å². The third-order valence-electron chi connectivity index (χ3n) is 7.94. The van der Waals surface area contributed by atoms with Crippen molar-refractivity contribution in [2.45, 2.75) is 6.16 Å². The lowest BCUT2D eigenvalue weighted by Gasteiger charge is -2.21. The lowest BCUT2D eigenvalue weighted by molar-refractivity contribution is 1.15. The summed E-state index contributed by atoms with van der Waals surface area (Å²) in [5, 5.41) is 6.52. The lowest BCUT2D eigenvalue weighted by Crippen LogP contribution is -2.21. The monoisotopic (exact) mass is 640 g/mol. The van der Waals surface area contributed by atoms with Gasteiger partial charge in [-0.05, 0) is 55.3 Å². The fourth-order valence-electron chi connectivity index (χ4n) is 5.72. The summed E-state index contributed by atoms with van der Waals surface area (Å²) in [6.07, 6.45) is 0.850. The van der Waals surface area contributed by atoms with Crippen LogP contribution in [0.1, 0.15) is 17.0 Å². The van der Waals surface area contributed by atoms with Crippen LogP contribution in [0, 0.1) is 0 Å². The van der Waals surface area contributed by atoms with Gasteiger partial charge in [0.25, 0.3) is 0 Å². The number of pyridine rings is 1. The Bertz CT molecular complexity index is 1970. The second-order valence-corrected chi connectivity index (χ2v) is 15.5. The van der Waals surface area contributed by atoms with Crippen molar-refractivity contribution < 1.29 is 0 Å². The maximum Gasteiger partial charge on any atom is 0.0966 e. The fraction of sp³-hybridized carbons (Fsp3) is 0.0233. The van der Waals surface area contributed by atoms with Crippen molar-refractivity contribution in [1.82, 2.24) is 4.98 Å². The topological polar surface area (TPSA) is 25.2 Å². The first-order valence-corrected chi connectivity index (χ1v) is 18.7. The molecular formula is C43H34N2P2. The van der Waals surface area contributed by atoms with Gasteiger partial charge in [0.1, 0.15) is 0 Å². The summed E-state index contributed by atoms with van der Waals surface area (Å²) in [5.41, 5.74) is 4.83. The van der Waals surface area contributed by atoms with Crippen LogP contribution >= 0.6 is 15.8 Å². The van der Waals surface area contributed by atoms with Crippen molar-refractivity contribution in [3.63, 3.8) is 0 Å². The highest BCUT2D eigenvalue weighted by Gasteiger charge is 2.21. The van der Waals surface area contributed by atoms with E-state index >= 15 is 0 Å². The van der Waals surface area contributed by atoms with Gasteiger partial charge in [0, 0.05) is 22.7 Å². The third kappa shape index (κ3) is 7.37. The van der Waals surface area contributed by atoms with Gasteiger partial charge >= 0.3 is 0 Å². The molecule has 2 nitrogen and oxygen atoms in total. The molecule has 0 aliphatic heterocycles. The van der Waals surface area contributed by atoms with Gasteiger partial charge < -0.3 is 0 Å². The third-order valence-corrected chi connectivity index (χ3v) is 12.9. The van der Waals surface area contributed by atoms with Crippen molar-refractivity contribution in [1.29, 1.82) is 0 Å². The molecule has 0 aliphatic rings. The van der Waals surface area contributed by atoms with Crippen LogP contribution in [0.2, 0.25) is 0 Å². The molecule has 0 unspecified atom stereocenters. The molecule has 1 heterocycles. The molecule has 0 saturated carbocycles. The molecule has 0 aliphatic carbocycles. The zero-order valence-electron chi connectivity index (χ0n) is 26.0. The van der Waals surface area contributed by atoms with Gasteiger partial charge in [-0.15, -0.1) is 0 Å². The van der Waals surface area contributed by atoms with E-state index in [1.807, 2.05) is 0 Å². The van der Waals surface area contributed by atoms with E-state index in [4.69, 9.17) is 9.98 Å². The largest absolute Gasteiger partial charge is 0.251 e. The van der Waals surface area contributed by atoms with Gasteiger partial charge in [0.05, 0.1) is 17.1 Å². The Morgan fingerprint density at radius 3 is 1.47 bits per heavy atom. The van der Waals surface area contributed by atoms with E-state index in [0.717, 1.165) is 34.5 Å². The molecule has 0 bridgehead atoms. The summed E-state index contributed by atoms with van der Waals surface area (Å²) in [7, 11) is -1.46. The van der Waals surface area contributed by atoms with Gasteiger partial charge in [-0.25, -0.2) is 4.99 Å². The molecule has 0 amide bonds. The molecule has 0 saturated heterocycles. The molecular weight excluding hydrogens is 606 g/mol. The molecule has 0 radical (unpaired) electrons. The van der Waals surface area contributed by atoms with Crippen molar-refractivity contribution in [2.75, 3.05) is 0 Å². The van der Waals surface area contributed by atoms with Crippen LogP contribution in [-0.4, -0.2) is 10.7 Å². The Hall–Kier alpha value is -5.00. The van der Waals surface area contributed by atoms with E-state index in [2.05, 4.69) is 194 Å². The summed E-state index contributed by atoms with van der Waals surface area (Å²) < 4.78 is 0. The average Bonchev–Trinajstić information content (AvgIpc) is 3.15. The normalized spacial score (nSPS) is 11.6. The Balaban J connectivity index is 1.34. The Morgan fingerprint density at radius 1 is 0.447 bits per heavy atom. The molecule has 7 aromatic rings. The van der Waals surface area contributed by atoms with Crippen LogP contribution in [-0.2, 0) is 6.16 Å². The molecule has 0 N–H and O–H groups in total. The molecule has 4 heteroatoms. The van der Waals surface area contributed by atoms with Gasteiger partial charge in [-0.3, -0.25) is 4.98 Å². The molecule has 0 spiro atoms. The number of rotatable bonds is 10. The van der Waals surface area contributed by atoms with Crippen LogP contribution in [0.15, 0.2) is 199 Å². The highest BCUT2D eigenvalue weighted by Crippen LogP contribution is 2.38. The number of aliphatic imine (C=N–C) groups is 1. The number of hydrogen-bond acceptors (Lipinski definition) is 2. The average molecular weight is 641 g/mol. The number of benzene rings is 6. The van der Waals surface area contributed by atoms with E-state index < -0.39 is 15.8 Å². The van der Waals surface area contributed by atoms with Crippen molar-refractivity contribution >= 4 is 53.8 Å². The van der Waals surface area contributed by atoms with E-state index in [1.165, 1.54) is 26.5 Å². The van der Waals surface area contributed by atoms with Gasteiger partial charge in [0.2, 0.25) is 0 Å². The quantitative estimate of drug-likeness (QED) is 0.109. The minimum absolute atomic E-state index is 0.626. The first-order valence-electron chi connectivity index (χ1n) is 15.8. The minimum atomic E-state index is -0.830. The summed E-state index contributed by atoms with van der Waals surface area (Å²) in [6, 6.07) is 68.8. The van der Waals surface area contributed by atoms with Crippen LogP contribution in [0.4, 0.5) is 5.69 Å². The fourth-order valence-corrected chi connectivity index (χ4v) is 10.3. The van der Waals surface area contributed by atoms with Crippen LogP contribution < -0.4 is 26.5 Å². The lowest BCUT2D eigenvalue weighted by atomic mass is 10.1.